The molecule has 0 heterocycles. The summed E-state index contributed by atoms with van der Waals surface area (Å²) in [6.45, 7) is 2.37. The SMILES string of the molecule is CCC(CC(=O)O)NC(=O)NCC(=O)NCCOC. The van der Waals surface area contributed by atoms with Crippen molar-refractivity contribution in [3.8, 4) is 0 Å². The fourth-order valence-corrected chi connectivity index (χ4v) is 1.26. The number of nitrogens with one attached hydrogen (secondary N) is 3. The summed E-state index contributed by atoms with van der Waals surface area (Å²) < 4.78 is 4.75. The Bertz CT molecular complexity index is 309. The highest BCUT2D eigenvalue weighted by Crippen LogP contribution is 1.96. The molecular formula is C11H21N3O5. The molecule has 0 spiro atoms. The molecule has 8 nitrogen and oxygen atoms in total. The fourth-order valence-electron chi connectivity index (χ4n) is 1.26. The Morgan fingerprint density at radius 3 is 2.47 bits per heavy atom. The number of hydrogen-bond donors (Lipinski definition) is 4. The molecule has 0 aliphatic heterocycles. The lowest BCUT2D eigenvalue weighted by Crippen LogP contribution is -2.46. The number of amides is 3. The van der Waals surface area contributed by atoms with Crippen molar-refractivity contribution in [2.45, 2.75) is 25.8 Å². The van der Waals surface area contributed by atoms with E-state index in [1.807, 2.05) is 0 Å². The number of ether oxygens (including phenoxy) is 1. The fraction of sp³-hybridized carbons (Fsp3) is 0.727. The number of carboxylic acid groups (broad SMARTS) is 1. The van der Waals surface area contributed by atoms with Crippen LogP contribution in [-0.2, 0) is 14.3 Å². The van der Waals surface area contributed by atoms with Crippen LogP contribution in [0.25, 0.3) is 0 Å². The van der Waals surface area contributed by atoms with Crippen LogP contribution in [0.4, 0.5) is 4.79 Å². The van der Waals surface area contributed by atoms with Gasteiger partial charge in [-0.3, -0.25) is 9.59 Å². The molecule has 3 amide bonds. The van der Waals surface area contributed by atoms with Crippen LogP contribution in [0, 0.1) is 0 Å². The van der Waals surface area contributed by atoms with Gasteiger partial charge in [0.15, 0.2) is 0 Å². The standard InChI is InChI=1S/C11H21N3O5/c1-3-8(6-10(16)17)14-11(18)13-7-9(15)12-4-5-19-2/h8H,3-7H2,1-2H3,(H,12,15)(H,16,17)(H2,13,14,18). The van der Waals surface area contributed by atoms with Crippen LogP contribution in [0.5, 0.6) is 0 Å². The van der Waals surface area contributed by atoms with Crippen LogP contribution in [0.1, 0.15) is 19.8 Å². The second-order valence-corrected chi connectivity index (χ2v) is 3.87. The average molecular weight is 275 g/mol. The maximum absolute atomic E-state index is 11.4. The lowest BCUT2D eigenvalue weighted by Gasteiger charge is -2.15. The summed E-state index contributed by atoms with van der Waals surface area (Å²) in [5.74, 6) is -1.32. The van der Waals surface area contributed by atoms with Crippen molar-refractivity contribution < 1.29 is 24.2 Å². The van der Waals surface area contributed by atoms with Crippen molar-refractivity contribution in [1.82, 2.24) is 16.0 Å². The van der Waals surface area contributed by atoms with E-state index in [2.05, 4.69) is 16.0 Å². The molecule has 1 unspecified atom stereocenters. The number of rotatable bonds is 9. The molecule has 0 rings (SSSR count). The molecule has 0 fully saturated rings. The molecule has 1 atom stereocenters. The van der Waals surface area contributed by atoms with Gasteiger partial charge < -0.3 is 25.8 Å². The number of carbonyl (C=O) groups is 3. The zero-order valence-electron chi connectivity index (χ0n) is 11.2. The largest absolute Gasteiger partial charge is 0.481 e. The van der Waals surface area contributed by atoms with Crippen LogP contribution in [0.3, 0.4) is 0 Å². The normalized spacial score (nSPS) is 11.5. The van der Waals surface area contributed by atoms with Gasteiger partial charge in [-0.15, -0.1) is 0 Å². The highest BCUT2D eigenvalue weighted by Gasteiger charge is 2.14. The minimum atomic E-state index is -0.982. The Morgan fingerprint density at radius 2 is 1.95 bits per heavy atom. The quantitative estimate of drug-likeness (QED) is 0.415. The molecule has 8 heteroatoms. The zero-order valence-corrected chi connectivity index (χ0v) is 11.2. The second-order valence-electron chi connectivity index (χ2n) is 3.87. The van der Waals surface area contributed by atoms with Gasteiger partial charge in [0.25, 0.3) is 0 Å². The van der Waals surface area contributed by atoms with Gasteiger partial charge in [0, 0.05) is 19.7 Å². The third-order valence-electron chi connectivity index (χ3n) is 2.29. The summed E-state index contributed by atoms with van der Waals surface area (Å²) in [5, 5.41) is 16.0. The number of carboxylic acids is 1. The molecule has 110 valence electrons. The van der Waals surface area contributed by atoms with Crippen LogP contribution in [0.2, 0.25) is 0 Å². The lowest BCUT2D eigenvalue weighted by molar-refractivity contribution is -0.137. The third-order valence-corrected chi connectivity index (χ3v) is 2.29. The average Bonchev–Trinajstić information content (AvgIpc) is 2.35. The molecule has 4 N–H and O–H groups in total. The maximum Gasteiger partial charge on any atom is 0.315 e. The molecule has 0 aliphatic rings. The maximum atomic E-state index is 11.4. The first-order chi connectivity index (χ1) is 8.99. The first-order valence-corrected chi connectivity index (χ1v) is 6.01. The van der Waals surface area contributed by atoms with E-state index in [1.54, 1.807) is 6.92 Å². The number of urea groups is 1. The van der Waals surface area contributed by atoms with Crippen molar-refractivity contribution in [2.24, 2.45) is 0 Å². The van der Waals surface area contributed by atoms with E-state index in [9.17, 15) is 14.4 Å². The van der Waals surface area contributed by atoms with Gasteiger partial charge in [-0.2, -0.15) is 0 Å². The number of carbonyl (C=O) groups excluding carboxylic acids is 2. The van der Waals surface area contributed by atoms with E-state index >= 15 is 0 Å². The third kappa shape index (κ3) is 9.83. The van der Waals surface area contributed by atoms with E-state index in [0.717, 1.165) is 0 Å². The molecule has 0 saturated carbocycles. The molecule has 0 saturated heterocycles. The molecule has 0 bridgehead atoms. The van der Waals surface area contributed by atoms with Crippen LogP contribution < -0.4 is 16.0 Å². The van der Waals surface area contributed by atoms with Crippen molar-refractivity contribution >= 4 is 17.9 Å². The second kappa shape index (κ2) is 10.1. The molecule has 0 aliphatic carbocycles. The summed E-state index contributed by atoms with van der Waals surface area (Å²) in [6, 6.07) is -1.01. The lowest BCUT2D eigenvalue weighted by atomic mass is 10.1. The summed E-state index contributed by atoms with van der Waals surface area (Å²) in [7, 11) is 1.52. The van der Waals surface area contributed by atoms with E-state index < -0.39 is 18.0 Å². The smallest absolute Gasteiger partial charge is 0.315 e. The number of aliphatic carboxylic acids is 1. The zero-order chi connectivity index (χ0) is 14.7. The van der Waals surface area contributed by atoms with Crippen molar-refractivity contribution in [2.75, 3.05) is 26.8 Å². The summed E-state index contributed by atoms with van der Waals surface area (Å²) >= 11 is 0. The van der Waals surface area contributed by atoms with E-state index in [-0.39, 0.29) is 18.9 Å². The Balaban J connectivity index is 3.84. The minimum absolute atomic E-state index is 0.149. The van der Waals surface area contributed by atoms with Gasteiger partial charge in [0.1, 0.15) is 0 Å². The molecule has 19 heavy (non-hydrogen) atoms. The Kier molecular flexibility index (Phi) is 9.15. The van der Waals surface area contributed by atoms with Crippen molar-refractivity contribution in [3.05, 3.63) is 0 Å². The predicted molar refractivity (Wildman–Crippen MR) is 67.8 cm³/mol. The Labute approximate surface area is 111 Å². The topological polar surface area (TPSA) is 117 Å². The van der Waals surface area contributed by atoms with Gasteiger partial charge in [0.2, 0.25) is 5.91 Å². The van der Waals surface area contributed by atoms with Gasteiger partial charge >= 0.3 is 12.0 Å². The Morgan fingerprint density at radius 1 is 1.26 bits per heavy atom. The predicted octanol–water partition coefficient (Wildman–Crippen LogP) is -0.698. The molecule has 0 aromatic heterocycles. The summed E-state index contributed by atoms with van der Waals surface area (Å²) in [5.41, 5.74) is 0. The monoisotopic (exact) mass is 275 g/mol. The van der Waals surface area contributed by atoms with Crippen molar-refractivity contribution in [1.29, 1.82) is 0 Å². The molecule has 0 aromatic carbocycles. The number of methoxy groups -OCH3 is 1. The van der Waals surface area contributed by atoms with Crippen LogP contribution >= 0.6 is 0 Å². The first kappa shape index (κ1) is 17.2. The van der Waals surface area contributed by atoms with Crippen LogP contribution in [0.15, 0.2) is 0 Å². The van der Waals surface area contributed by atoms with Crippen LogP contribution in [-0.4, -0.2) is 55.9 Å². The van der Waals surface area contributed by atoms with Gasteiger partial charge in [-0.1, -0.05) is 6.92 Å². The van der Waals surface area contributed by atoms with Gasteiger partial charge in [-0.25, -0.2) is 4.79 Å². The molecule has 0 radical (unpaired) electrons. The van der Waals surface area contributed by atoms with E-state index in [1.165, 1.54) is 7.11 Å². The summed E-state index contributed by atoms with van der Waals surface area (Å²) in [6.07, 6.45) is 0.351. The van der Waals surface area contributed by atoms with Gasteiger partial charge in [0.05, 0.1) is 19.6 Å². The minimum Gasteiger partial charge on any atom is -0.481 e. The van der Waals surface area contributed by atoms with Crippen molar-refractivity contribution in [3.63, 3.8) is 0 Å². The van der Waals surface area contributed by atoms with E-state index in [4.69, 9.17) is 9.84 Å². The van der Waals surface area contributed by atoms with E-state index in [0.29, 0.717) is 19.6 Å². The highest BCUT2D eigenvalue weighted by molar-refractivity contribution is 5.84. The molecule has 0 aromatic rings. The Hall–Kier alpha value is -1.83. The highest BCUT2D eigenvalue weighted by atomic mass is 16.5. The summed E-state index contributed by atoms with van der Waals surface area (Å²) in [4.78, 5) is 33.2. The van der Waals surface area contributed by atoms with Gasteiger partial charge in [-0.05, 0) is 6.42 Å². The number of hydrogen-bond acceptors (Lipinski definition) is 4. The first-order valence-electron chi connectivity index (χ1n) is 6.01. The molecular weight excluding hydrogens is 254 g/mol.